The number of methoxy groups -OCH3 is 1. The van der Waals surface area contributed by atoms with Crippen molar-refractivity contribution in [1.82, 2.24) is 4.98 Å². The number of carbonyl (C=O) groups excluding carboxylic acids is 1. The second-order valence-corrected chi connectivity index (χ2v) is 2.48. The number of nitrogens with one attached hydrogen (secondary N) is 1. The van der Waals surface area contributed by atoms with E-state index in [-0.39, 0.29) is 5.69 Å². The maximum atomic E-state index is 11.1. The van der Waals surface area contributed by atoms with Gasteiger partial charge in [-0.3, -0.25) is 0 Å². The number of aromatic nitrogens is 1. The molecular weight excluding hydrogens is 180 g/mol. The Labute approximate surface area is 82.3 Å². The van der Waals surface area contributed by atoms with Crippen molar-refractivity contribution in [3.63, 3.8) is 0 Å². The van der Waals surface area contributed by atoms with Crippen molar-refractivity contribution < 1.29 is 9.53 Å². The lowest BCUT2D eigenvalue weighted by Gasteiger charge is -2.03. The summed E-state index contributed by atoms with van der Waals surface area (Å²) in [7, 11) is 1.31. The summed E-state index contributed by atoms with van der Waals surface area (Å²) in [5.74, 6) is 1.97. The van der Waals surface area contributed by atoms with Crippen molar-refractivity contribution in [3.05, 3.63) is 24.0 Å². The van der Waals surface area contributed by atoms with Crippen molar-refractivity contribution in [2.24, 2.45) is 0 Å². The van der Waals surface area contributed by atoms with E-state index in [1.165, 1.54) is 13.3 Å². The number of nitrogens with zero attached hydrogens (tertiary/aromatic N) is 1. The molecule has 4 nitrogen and oxygen atoms in total. The molecule has 0 aromatic carbocycles. The Balaban J connectivity index is 2.79. The fraction of sp³-hybridized carbons (Fsp3) is 0.200. The molecule has 0 unspecified atom stereocenters. The predicted molar refractivity (Wildman–Crippen MR) is 52.9 cm³/mol. The first-order valence-electron chi connectivity index (χ1n) is 3.99. The molecule has 0 saturated heterocycles. The number of hydrogen-bond acceptors (Lipinski definition) is 4. The molecule has 1 rings (SSSR count). The van der Waals surface area contributed by atoms with Crippen LogP contribution < -0.4 is 5.32 Å². The van der Waals surface area contributed by atoms with Gasteiger partial charge in [0.2, 0.25) is 0 Å². The van der Waals surface area contributed by atoms with Crippen molar-refractivity contribution >= 4 is 11.7 Å². The van der Waals surface area contributed by atoms with E-state index >= 15 is 0 Å². The fourth-order valence-electron chi connectivity index (χ4n) is 0.910. The highest BCUT2D eigenvalue weighted by molar-refractivity contribution is 5.88. The normalized spacial score (nSPS) is 8.86. The van der Waals surface area contributed by atoms with Crippen LogP contribution in [-0.2, 0) is 4.74 Å². The van der Waals surface area contributed by atoms with E-state index in [4.69, 9.17) is 6.42 Å². The number of pyridine rings is 1. The second kappa shape index (κ2) is 4.87. The maximum absolute atomic E-state index is 11.1. The second-order valence-electron chi connectivity index (χ2n) is 2.48. The van der Waals surface area contributed by atoms with Gasteiger partial charge in [-0.2, -0.15) is 0 Å². The van der Waals surface area contributed by atoms with Gasteiger partial charge in [-0.1, -0.05) is 5.92 Å². The Hall–Kier alpha value is -2.02. The number of terminal acetylenes is 1. The molecule has 1 heterocycles. The molecule has 0 atom stereocenters. The largest absolute Gasteiger partial charge is 0.464 e. The molecular formula is C10H10N2O2. The standard InChI is InChI=1S/C10H10N2O2/c1-3-5-11-8-4-6-12-9(7-8)10(13)14-2/h1,4,6-7H,5H2,2H3,(H,11,12). The van der Waals surface area contributed by atoms with Gasteiger partial charge in [-0.05, 0) is 12.1 Å². The smallest absolute Gasteiger partial charge is 0.356 e. The minimum Gasteiger partial charge on any atom is -0.464 e. The lowest BCUT2D eigenvalue weighted by atomic mass is 10.3. The van der Waals surface area contributed by atoms with Gasteiger partial charge in [-0.15, -0.1) is 6.42 Å². The molecule has 0 aliphatic carbocycles. The Morgan fingerprint density at radius 2 is 2.57 bits per heavy atom. The first-order chi connectivity index (χ1) is 6.77. The molecule has 0 spiro atoms. The SMILES string of the molecule is C#CCNc1ccnc(C(=O)OC)c1. The molecule has 0 radical (unpaired) electrons. The molecule has 0 fully saturated rings. The fourth-order valence-corrected chi connectivity index (χ4v) is 0.910. The quantitative estimate of drug-likeness (QED) is 0.568. The Morgan fingerprint density at radius 3 is 3.21 bits per heavy atom. The van der Waals surface area contributed by atoms with Gasteiger partial charge in [0.1, 0.15) is 5.69 Å². The van der Waals surface area contributed by atoms with Crippen LogP contribution in [0.15, 0.2) is 18.3 Å². The molecule has 14 heavy (non-hydrogen) atoms. The highest BCUT2D eigenvalue weighted by Crippen LogP contribution is 2.07. The van der Waals surface area contributed by atoms with Gasteiger partial charge < -0.3 is 10.1 Å². The summed E-state index contributed by atoms with van der Waals surface area (Å²) in [6, 6.07) is 3.31. The van der Waals surface area contributed by atoms with E-state index in [9.17, 15) is 4.79 Å². The molecule has 0 aliphatic rings. The summed E-state index contributed by atoms with van der Waals surface area (Å²) in [6.45, 7) is 0.407. The molecule has 1 aromatic heterocycles. The molecule has 1 N–H and O–H groups in total. The lowest BCUT2D eigenvalue weighted by Crippen LogP contribution is -2.06. The monoisotopic (exact) mass is 190 g/mol. The topological polar surface area (TPSA) is 51.2 Å². The van der Waals surface area contributed by atoms with Crippen LogP contribution in [0.5, 0.6) is 0 Å². The third-order valence-corrected chi connectivity index (χ3v) is 1.55. The summed E-state index contributed by atoms with van der Waals surface area (Å²) < 4.78 is 4.53. The predicted octanol–water partition coefficient (Wildman–Crippen LogP) is 0.913. The third kappa shape index (κ3) is 2.49. The van der Waals surface area contributed by atoms with Crippen LogP contribution >= 0.6 is 0 Å². The number of ether oxygens (including phenoxy) is 1. The molecule has 72 valence electrons. The van der Waals surface area contributed by atoms with E-state index in [2.05, 4.69) is 21.0 Å². The van der Waals surface area contributed by atoms with Crippen LogP contribution in [-0.4, -0.2) is 24.6 Å². The Morgan fingerprint density at radius 1 is 1.79 bits per heavy atom. The molecule has 1 aromatic rings. The van der Waals surface area contributed by atoms with Crippen molar-refractivity contribution in [2.45, 2.75) is 0 Å². The van der Waals surface area contributed by atoms with Crippen LogP contribution in [0.4, 0.5) is 5.69 Å². The van der Waals surface area contributed by atoms with Crippen LogP contribution in [0.2, 0.25) is 0 Å². The Bertz CT molecular complexity index is 369. The molecule has 0 amide bonds. The zero-order chi connectivity index (χ0) is 10.4. The van der Waals surface area contributed by atoms with Crippen molar-refractivity contribution in [1.29, 1.82) is 0 Å². The van der Waals surface area contributed by atoms with Crippen LogP contribution in [0.3, 0.4) is 0 Å². The van der Waals surface area contributed by atoms with E-state index in [1.807, 2.05) is 0 Å². The van der Waals surface area contributed by atoms with Crippen LogP contribution in [0.1, 0.15) is 10.5 Å². The Kier molecular flexibility index (Phi) is 3.50. The van der Waals surface area contributed by atoms with Gasteiger partial charge in [0.25, 0.3) is 0 Å². The highest BCUT2D eigenvalue weighted by atomic mass is 16.5. The van der Waals surface area contributed by atoms with Crippen molar-refractivity contribution in [2.75, 3.05) is 19.0 Å². The van der Waals surface area contributed by atoms with Gasteiger partial charge in [0.15, 0.2) is 0 Å². The molecule has 0 aliphatic heterocycles. The summed E-state index contributed by atoms with van der Waals surface area (Å²) in [5, 5.41) is 2.93. The maximum Gasteiger partial charge on any atom is 0.356 e. The van der Waals surface area contributed by atoms with E-state index in [0.29, 0.717) is 6.54 Å². The number of rotatable bonds is 3. The summed E-state index contributed by atoms with van der Waals surface area (Å²) in [5.41, 5.74) is 1.01. The van der Waals surface area contributed by atoms with E-state index in [0.717, 1.165) is 5.69 Å². The van der Waals surface area contributed by atoms with Crippen molar-refractivity contribution in [3.8, 4) is 12.3 Å². The van der Waals surface area contributed by atoms with Gasteiger partial charge in [-0.25, -0.2) is 9.78 Å². The van der Waals surface area contributed by atoms with Crippen LogP contribution in [0, 0.1) is 12.3 Å². The highest BCUT2D eigenvalue weighted by Gasteiger charge is 2.06. The summed E-state index contributed by atoms with van der Waals surface area (Å²) >= 11 is 0. The zero-order valence-electron chi connectivity index (χ0n) is 7.78. The summed E-state index contributed by atoms with van der Waals surface area (Å²) in [6.07, 6.45) is 6.60. The van der Waals surface area contributed by atoms with Gasteiger partial charge in [0.05, 0.1) is 13.7 Å². The van der Waals surface area contributed by atoms with Gasteiger partial charge in [0, 0.05) is 11.9 Å². The number of carbonyl (C=O) groups is 1. The van der Waals surface area contributed by atoms with Crippen LogP contribution in [0.25, 0.3) is 0 Å². The van der Waals surface area contributed by atoms with Gasteiger partial charge >= 0.3 is 5.97 Å². The first kappa shape index (κ1) is 10.1. The average molecular weight is 190 g/mol. The minimum absolute atomic E-state index is 0.259. The zero-order valence-corrected chi connectivity index (χ0v) is 7.78. The molecule has 0 saturated carbocycles. The molecule has 0 bridgehead atoms. The van der Waals surface area contributed by atoms with E-state index < -0.39 is 5.97 Å². The number of esters is 1. The summed E-state index contributed by atoms with van der Waals surface area (Å²) in [4.78, 5) is 14.9. The number of hydrogen-bond donors (Lipinski definition) is 1. The first-order valence-corrected chi connectivity index (χ1v) is 3.99. The minimum atomic E-state index is -0.464. The molecule has 4 heteroatoms. The lowest BCUT2D eigenvalue weighted by molar-refractivity contribution is 0.0594. The average Bonchev–Trinajstić information content (AvgIpc) is 2.25. The van der Waals surface area contributed by atoms with E-state index in [1.54, 1.807) is 12.1 Å². The third-order valence-electron chi connectivity index (χ3n) is 1.55. The number of anilines is 1.